The van der Waals surface area contributed by atoms with E-state index >= 15 is 0 Å². The van der Waals surface area contributed by atoms with Crippen LogP contribution in [-0.2, 0) is 17.9 Å². The summed E-state index contributed by atoms with van der Waals surface area (Å²) in [6, 6.07) is 7.98. The van der Waals surface area contributed by atoms with Gasteiger partial charge in [0.2, 0.25) is 5.91 Å². The number of nitrogens with zero attached hydrogens (tertiary/aromatic N) is 1. The van der Waals surface area contributed by atoms with Gasteiger partial charge >= 0.3 is 0 Å². The first kappa shape index (κ1) is 13.7. The van der Waals surface area contributed by atoms with Gasteiger partial charge in [-0.1, -0.05) is 12.1 Å². The highest BCUT2D eigenvalue weighted by Crippen LogP contribution is 2.02. The average molecular weight is 277 g/mol. The quantitative estimate of drug-likeness (QED) is 0.824. The number of carbonyl (C=O) groups is 1. The lowest BCUT2D eigenvalue weighted by Gasteiger charge is -2.07. The predicted octanol–water partition coefficient (Wildman–Crippen LogP) is -0.00790. The first-order valence-corrected chi connectivity index (χ1v) is 5.86. The number of carbonyl (C=O) groups excluding carboxylic acids is 1. The van der Waals surface area contributed by atoms with Crippen molar-refractivity contribution >= 4 is 5.91 Å². The Balaban J connectivity index is 1.98. The van der Waals surface area contributed by atoms with E-state index in [9.17, 15) is 18.8 Å². The van der Waals surface area contributed by atoms with Gasteiger partial charge in [0.25, 0.3) is 11.1 Å². The number of amides is 1. The van der Waals surface area contributed by atoms with Crippen LogP contribution in [0.4, 0.5) is 4.39 Å². The maximum absolute atomic E-state index is 12.9. The summed E-state index contributed by atoms with van der Waals surface area (Å²) in [6.45, 7) is -0.160. The molecule has 0 bridgehead atoms. The van der Waals surface area contributed by atoms with Crippen LogP contribution >= 0.6 is 0 Å². The van der Waals surface area contributed by atoms with Crippen LogP contribution in [0.2, 0.25) is 0 Å². The Morgan fingerprint density at radius 2 is 2.05 bits per heavy atom. The molecule has 0 saturated carbocycles. The molecule has 0 aliphatic carbocycles. The molecule has 0 fully saturated rings. The van der Waals surface area contributed by atoms with E-state index in [1.54, 1.807) is 6.07 Å². The van der Waals surface area contributed by atoms with E-state index in [1.165, 1.54) is 18.2 Å². The molecule has 1 amide bonds. The van der Waals surface area contributed by atoms with E-state index in [2.05, 4.69) is 10.4 Å². The van der Waals surface area contributed by atoms with E-state index < -0.39 is 17.0 Å². The van der Waals surface area contributed by atoms with Gasteiger partial charge in [0.15, 0.2) is 0 Å². The van der Waals surface area contributed by atoms with Crippen molar-refractivity contribution in [3.63, 3.8) is 0 Å². The Morgan fingerprint density at radius 3 is 2.80 bits per heavy atom. The second-order valence-electron chi connectivity index (χ2n) is 4.14. The minimum absolute atomic E-state index is 0.141. The smallest absolute Gasteiger partial charge is 0.265 e. The Labute approximate surface area is 112 Å². The summed E-state index contributed by atoms with van der Waals surface area (Å²) in [5, 5.41) is 4.78. The third-order valence-electron chi connectivity index (χ3n) is 2.57. The molecule has 0 spiro atoms. The molecule has 0 aliphatic rings. The van der Waals surface area contributed by atoms with Gasteiger partial charge in [-0.25, -0.2) is 9.07 Å². The van der Waals surface area contributed by atoms with Crippen LogP contribution in [-0.4, -0.2) is 15.7 Å². The molecule has 0 radical (unpaired) electrons. The SMILES string of the molecule is O=C(Cn1[nH]c(=O)ccc1=O)NCc1cccc(F)c1. The lowest BCUT2D eigenvalue weighted by molar-refractivity contribution is -0.122. The average Bonchev–Trinajstić information content (AvgIpc) is 2.41. The highest BCUT2D eigenvalue weighted by atomic mass is 19.1. The largest absolute Gasteiger partial charge is 0.350 e. The van der Waals surface area contributed by atoms with Crippen molar-refractivity contribution < 1.29 is 9.18 Å². The van der Waals surface area contributed by atoms with E-state index in [1.807, 2.05) is 0 Å². The maximum atomic E-state index is 12.9. The van der Waals surface area contributed by atoms with Crippen molar-refractivity contribution in [2.45, 2.75) is 13.1 Å². The van der Waals surface area contributed by atoms with Crippen molar-refractivity contribution in [2.75, 3.05) is 0 Å². The molecular weight excluding hydrogens is 265 g/mol. The molecule has 2 N–H and O–H groups in total. The second kappa shape index (κ2) is 5.96. The molecule has 2 aromatic rings. The summed E-state index contributed by atoms with van der Waals surface area (Å²) >= 11 is 0. The molecular formula is C13H12FN3O3. The van der Waals surface area contributed by atoms with Gasteiger partial charge in [-0.2, -0.15) is 0 Å². The monoisotopic (exact) mass is 277 g/mol. The van der Waals surface area contributed by atoms with Crippen molar-refractivity contribution in [1.82, 2.24) is 15.1 Å². The van der Waals surface area contributed by atoms with Crippen molar-refractivity contribution in [3.05, 3.63) is 68.5 Å². The minimum Gasteiger partial charge on any atom is -0.350 e. The first-order valence-electron chi connectivity index (χ1n) is 5.86. The van der Waals surface area contributed by atoms with E-state index in [4.69, 9.17) is 0 Å². The van der Waals surface area contributed by atoms with Gasteiger partial charge in [-0.05, 0) is 17.7 Å². The summed E-state index contributed by atoms with van der Waals surface area (Å²) in [7, 11) is 0. The van der Waals surface area contributed by atoms with E-state index in [0.29, 0.717) is 5.56 Å². The van der Waals surface area contributed by atoms with Gasteiger partial charge in [0, 0.05) is 18.7 Å². The summed E-state index contributed by atoms with van der Waals surface area (Å²) in [6.07, 6.45) is 0. The third kappa shape index (κ3) is 3.64. The number of halogens is 1. The Morgan fingerprint density at radius 1 is 1.25 bits per heavy atom. The molecule has 104 valence electrons. The maximum Gasteiger partial charge on any atom is 0.265 e. The molecule has 0 unspecified atom stereocenters. The zero-order valence-corrected chi connectivity index (χ0v) is 10.4. The van der Waals surface area contributed by atoms with Gasteiger partial charge < -0.3 is 5.32 Å². The second-order valence-corrected chi connectivity index (χ2v) is 4.14. The molecule has 20 heavy (non-hydrogen) atoms. The summed E-state index contributed by atoms with van der Waals surface area (Å²) < 4.78 is 13.8. The van der Waals surface area contributed by atoms with Crippen LogP contribution in [0.3, 0.4) is 0 Å². The Kier molecular flexibility index (Phi) is 4.09. The van der Waals surface area contributed by atoms with Gasteiger partial charge in [-0.15, -0.1) is 0 Å². The zero-order valence-electron chi connectivity index (χ0n) is 10.4. The molecule has 6 nitrogen and oxygen atoms in total. The molecule has 0 atom stereocenters. The highest BCUT2D eigenvalue weighted by molar-refractivity contribution is 5.75. The predicted molar refractivity (Wildman–Crippen MR) is 69.6 cm³/mol. The van der Waals surface area contributed by atoms with Crippen LogP contribution in [0.25, 0.3) is 0 Å². The van der Waals surface area contributed by atoms with Gasteiger partial charge in [0.1, 0.15) is 12.4 Å². The van der Waals surface area contributed by atoms with Gasteiger partial charge in [0.05, 0.1) is 0 Å². The molecule has 7 heteroatoms. The number of aromatic amines is 1. The van der Waals surface area contributed by atoms with E-state index in [-0.39, 0.29) is 18.9 Å². The zero-order chi connectivity index (χ0) is 14.5. The molecule has 2 rings (SSSR count). The van der Waals surface area contributed by atoms with Crippen molar-refractivity contribution in [1.29, 1.82) is 0 Å². The summed E-state index contributed by atoms with van der Waals surface area (Å²) in [5.41, 5.74) is -0.347. The van der Waals surface area contributed by atoms with Crippen LogP contribution < -0.4 is 16.4 Å². The molecule has 1 aromatic heterocycles. The van der Waals surface area contributed by atoms with Crippen LogP contribution in [0.15, 0.2) is 46.0 Å². The summed E-state index contributed by atoms with van der Waals surface area (Å²) in [4.78, 5) is 34.1. The number of hydrogen-bond donors (Lipinski definition) is 2. The fourth-order valence-electron chi connectivity index (χ4n) is 1.63. The molecule has 0 saturated heterocycles. The molecule has 1 aromatic carbocycles. The number of nitrogens with one attached hydrogen (secondary N) is 2. The van der Waals surface area contributed by atoms with Crippen molar-refractivity contribution in [3.8, 4) is 0 Å². The number of H-pyrrole nitrogens is 1. The van der Waals surface area contributed by atoms with Crippen molar-refractivity contribution in [2.24, 2.45) is 0 Å². The lowest BCUT2D eigenvalue weighted by Crippen LogP contribution is -2.35. The topological polar surface area (TPSA) is 84.0 Å². The summed E-state index contributed by atoms with van der Waals surface area (Å²) in [5.74, 6) is -0.849. The Hall–Kier alpha value is -2.70. The standard InChI is InChI=1S/C13H12FN3O3/c14-10-3-1-2-9(6-10)7-15-12(19)8-17-13(20)5-4-11(18)16-17/h1-6H,7-8H2,(H,15,19)(H,16,18). The minimum atomic E-state index is -0.481. The van der Waals surface area contributed by atoms with Gasteiger partial charge in [-0.3, -0.25) is 19.5 Å². The first-order chi connectivity index (χ1) is 9.54. The molecule has 1 heterocycles. The Bertz CT molecular complexity index is 736. The number of hydrogen-bond acceptors (Lipinski definition) is 3. The number of rotatable bonds is 4. The fourth-order valence-corrected chi connectivity index (χ4v) is 1.63. The normalized spacial score (nSPS) is 10.2. The van der Waals surface area contributed by atoms with Crippen LogP contribution in [0, 0.1) is 5.82 Å². The highest BCUT2D eigenvalue weighted by Gasteiger charge is 2.05. The third-order valence-corrected chi connectivity index (χ3v) is 2.57. The van der Waals surface area contributed by atoms with E-state index in [0.717, 1.165) is 16.8 Å². The fraction of sp³-hybridized carbons (Fsp3) is 0.154. The van der Waals surface area contributed by atoms with Crippen LogP contribution in [0.5, 0.6) is 0 Å². The number of benzene rings is 1. The lowest BCUT2D eigenvalue weighted by atomic mass is 10.2. The molecule has 0 aliphatic heterocycles. The number of aromatic nitrogens is 2. The van der Waals surface area contributed by atoms with Crippen LogP contribution in [0.1, 0.15) is 5.56 Å².